The molecule has 0 radical (unpaired) electrons. The quantitative estimate of drug-likeness (QED) is 0.768. The molecule has 21 heavy (non-hydrogen) atoms. The lowest BCUT2D eigenvalue weighted by Gasteiger charge is -2.28. The molecule has 0 N–H and O–H groups in total. The lowest BCUT2D eigenvalue weighted by Crippen LogP contribution is -2.16. The summed E-state index contributed by atoms with van der Waals surface area (Å²) in [4.78, 5) is 0. The highest BCUT2D eigenvalue weighted by atomic mass is 16.7. The fraction of sp³-hybridized carbons (Fsp3) is 0.684. The molecule has 0 aromatic heterocycles. The number of hydrogen-bond donors (Lipinski definition) is 0. The lowest BCUT2D eigenvalue weighted by atomic mass is 9.78. The first kappa shape index (κ1) is 15.1. The minimum Gasteiger partial charge on any atom is -0.346 e. The van der Waals surface area contributed by atoms with Gasteiger partial charge in [-0.2, -0.15) is 0 Å². The third kappa shape index (κ3) is 4.08. The summed E-state index contributed by atoms with van der Waals surface area (Å²) in [6.45, 7) is 3.75. The van der Waals surface area contributed by atoms with Crippen molar-refractivity contribution in [3.8, 4) is 0 Å². The molecule has 1 heterocycles. The van der Waals surface area contributed by atoms with Crippen LogP contribution in [0.15, 0.2) is 24.3 Å². The second-order valence-corrected chi connectivity index (χ2v) is 6.70. The van der Waals surface area contributed by atoms with Crippen molar-refractivity contribution in [3.05, 3.63) is 35.4 Å². The van der Waals surface area contributed by atoms with Gasteiger partial charge in [0, 0.05) is 5.56 Å². The first-order chi connectivity index (χ1) is 10.3. The third-order valence-corrected chi connectivity index (χ3v) is 5.03. The van der Waals surface area contributed by atoms with Crippen molar-refractivity contribution in [2.24, 2.45) is 11.8 Å². The molecule has 1 saturated carbocycles. The Morgan fingerprint density at radius 3 is 2.43 bits per heavy atom. The van der Waals surface area contributed by atoms with E-state index in [0.29, 0.717) is 0 Å². The summed E-state index contributed by atoms with van der Waals surface area (Å²) in [5.41, 5.74) is 2.63. The molecule has 0 spiro atoms. The van der Waals surface area contributed by atoms with Gasteiger partial charge in [-0.1, -0.05) is 56.9 Å². The van der Waals surface area contributed by atoms with E-state index in [9.17, 15) is 0 Å². The van der Waals surface area contributed by atoms with E-state index in [4.69, 9.17) is 9.47 Å². The number of hydrogen-bond acceptors (Lipinski definition) is 2. The van der Waals surface area contributed by atoms with Crippen LogP contribution in [0.2, 0.25) is 0 Å². The SMILES string of the molecule is CCCC1CCC(Cc2cccc(C3OCCO3)c2)CC1. The fourth-order valence-corrected chi connectivity index (χ4v) is 3.88. The van der Waals surface area contributed by atoms with E-state index in [2.05, 4.69) is 31.2 Å². The van der Waals surface area contributed by atoms with Crippen molar-refractivity contribution in [2.45, 2.75) is 58.2 Å². The maximum atomic E-state index is 5.60. The predicted octanol–water partition coefficient (Wildman–Crippen LogP) is 4.88. The van der Waals surface area contributed by atoms with Gasteiger partial charge in [0.2, 0.25) is 0 Å². The average Bonchev–Trinajstić information content (AvgIpc) is 3.04. The smallest absolute Gasteiger partial charge is 0.184 e. The van der Waals surface area contributed by atoms with Gasteiger partial charge < -0.3 is 9.47 Å². The molecular formula is C19H28O2. The second kappa shape index (κ2) is 7.42. The van der Waals surface area contributed by atoms with Crippen molar-refractivity contribution >= 4 is 0 Å². The maximum Gasteiger partial charge on any atom is 0.184 e. The molecular weight excluding hydrogens is 260 g/mol. The number of benzene rings is 1. The molecule has 116 valence electrons. The highest BCUT2D eigenvalue weighted by molar-refractivity contribution is 5.25. The molecule has 1 aliphatic carbocycles. The first-order valence-corrected chi connectivity index (χ1v) is 8.67. The zero-order valence-corrected chi connectivity index (χ0v) is 13.2. The average molecular weight is 288 g/mol. The molecule has 1 aromatic carbocycles. The Balaban J connectivity index is 1.54. The zero-order chi connectivity index (χ0) is 14.5. The molecule has 1 aromatic rings. The zero-order valence-electron chi connectivity index (χ0n) is 13.2. The molecule has 2 heteroatoms. The van der Waals surface area contributed by atoms with E-state index in [0.717, 1.165) is 25.0 Å². The molecule has 1 saturated heterocycles. The Labute approximate surface area is 128 Å². The van der Waals surface area contributed by atoms with E-state index in [1.165, 1.54) is 56.1 Å². The monoisotopic (exact) mass is 288 g/mol. The summed E-state index contributed by atoms with van der Waals surface area (Å²) in [5.74, 6) is 1.87. The van der Waals surface area contributed by atoms with Crippen LogP contribution in [0, 0.1) is 11.8 Å². The fourth-order valence-electron chi connectivity index (χ4n) is 3.88. The minimum absolute atomic E-state index is 0.134. The Bertz CT molecular complexity index is 429. The largest absolute Gasteiger partial charge is 0.346 e. The highest BCUT2D eigenvalue weighted by Gasteiger charge is 2.22. The molecule has 3 rings (SSSR count). The second-order valence-electron chi connectivity index (χ2n) is 6.70. The normalized spacial score (nSPS) is 27.1. The Hall–Kier alpha value is -0.860. The molecule has 0 bridgehead atoms. The van der Waals surface area contributed by atoms with Crippen LogP contribution in [-0.4, -0.2) is 13.2 Å². The topological polar surface area (TPSA) is 18.5 Å². The van der Waals surface area contributed by atoms with Crippen molar-refractivity contribution in [1.29, 1.82) is 0 Å². The summed E-state index contributed by atoms with van der Waals surface area (Å²) in [7, 11) is 0. The van der Waals surface area contributed by atoms with Gasteiger partial charge in [-0.3, -0.25) is 0 Å². The van der Waals surface area contributed by atoms with Crippen LogP contribution in [0.4, 0.5) is 0 Å². The van der Waals surface area contributed by atoms with E-state index in [1.54, 1.807) is 0 Å². The first-order valence-electron chi connectivity index (χ1n) is 8.67. The number of rotatable bonds is 5. The van der Waals surface area contributed by atoms with Crippen LogP contribution in [0.5, 0.6) is 0 Å². The molecule has 2 aliphatic rings. The van der Waals surface area contributed by atoms with Crippen LogP contribution in [0.1, 0.15) is 62.9 Å². The summed E-state index contributed by atoms with van der Waals surface area (Å²) in [5, 5.41) is 0. The summed E-state index contributed by atoms with van der Waals surface area (Å²) in [6, 6.07) is 8.82. The van der Waals surface area contributed by atoms with Gasteiger partial charge in [-0.25, -0.2) is 0 Å². The molecule has 2 nitrogen and oxygen atoms in total. The Morgan fingerprint density at radius 1 is 1.00 bits per heavy atom. The van der Waals surface area contributed by atoms with E-state index in [-0.39, 0.29) is 6.29 Å². The summed E-state index contributed by atoms with van der Waals surface area (Å²) >= 11 is 0. The van der Waals surface area contributed by atoms with Gasteiger partial charge in [-0.15, -0.1) is 0 Å². The number of ether oxygens (including phenoxy) is 2. The Morgan fingerprint density at radius 2 is 1.71 bits per heavy atom. The minimum atomic E-state index is -0.134. The highest BCUT2D eigenvalue weighted by Crippen LogP contribution is 2.34. The van der Waals surface area contributed by atoms with E-state index in [1.807, 2.05) is 0 Å². The van der Waals surface area contributed by atoms with Crippen molar-refractivity contribution in [3.63, 3.8) is 0 Å². The van der Waals surface area contributed by atoms with Crippen LogP contribution in [0.3, 0.4) is 0 Å². The van der Waals surface area contributed by atoms with Gasteiger partial charge in [0.1, 0.15) is 0 Å². The van der Waals surface area contributed by atoms with Gasteiger partial charge in [-0.05, 0) is 36.7 Å². The van der Waals surface area contributed by atoms with Gasteiger partial charge in [0.25, 0.3) is 0 Å². The van der Waals surface area contributed by atoms with E-state index >= 15 is 0 Å². The molecule has 0 amide bonds. The van der Waals surface area contributed by atoms with Gasteiger partial charge in [0.05, 0.1) is 13.2 Å². The third-order valence-electron chi connectivity index (χ3n) is 5.03. The van der Waals surface area contributed by atoms with Crippen LogP contribution >= 0.6 is 0 Å². The van der Waals surface area contributed by atoms with Crippen molar-refractivity contribution in [2.75, 3.05) is 13.2 Å². The molecule has 1 aliphatic heterocycles. The molecule has 0 unspecified atom stereocenters. The van der Waals surface area contributed by atoms with Crippen LogP contribution in [0.25, 0.3) is 0 Å². The predicted molar refractivity (Wildman–Crippen MR) is 85.1 cm³/mol. The van der Waals surface area contributed by atoms with Crippen molar-refractivity contribution < 1.29 is 9.47 Å². The van der Waals surface area contributed by atoms with E-state index < -0.39 is 0 Å². The standard InChI is InChI=1S/C19H28O2/c1-2-4-15-7-9-16(10-8-15)13-17-5-3-6-18(14-17)19-20-11-12-21-19/h3,5-6,14-16,19H,2,4,7-13H2,1H3. The summed E-state index contributed by atoms with van der Waals surface area (Å²) in [6.07, 6.45) is 9.55. The van der Waals surface area contributed by atoms with Crippen LogP contribution < -0.4 is 0 Å². The molecule has 0 atom stereocenters. The van der Waals surface area contributed by atoms with Gasteiger partial charge >= 0.3 is 0 Å². The summed E-state index contributed by atoms with van der Waals surface area (Å²) < 4.78 is 11.2. The van der Waals surface area contributed by atoms with Gasteiger partial charge in [0.15, 0.2) is 6.29 Å². The lowest BCUT2D eigenvalue weighted by molar-refractivity contribution is -0.0441. The maximum absolute atomic E-state index is 5.60. The Kier molecular flexibility index (Phi) is 5.32. The molecule has 2 fully saturated rings. The van der Waals surface area contributed by atoms with Crippen LogP contribution in [-0.2, 0) is 15.9 Å². The van der Waals surface area contributed by atoms with Crippen molar-refractivity contribution in [1.82, 2.24) is 0 Å².